The highest BCUT2D eigenvalue weighted by molar-refractivity contribution is 6.00. The van der Waals surface area contributed by atoms with Crippen LogP contribution in [0.15, 0.2) is 48.5 Å². The van der Waals surface area contributed by atoms with Crippen molar-refractivity contribution in [2.24, 2.45) is 5.73 Å². The molecule has 0 bridgehead atoms. The lowest BCUT2D eigenvalue weighted by atomic mass is 9.96. The first-order chi connectivity index (χ1) is 17.9. The Bertz CT molecular complexity index is 1260. The van der Waals surface area contributed by atoms with Crippen molar-refractivity contribution in [3.8, 4) is 12.3 Å². The highest BCUT2D eigenvalue weighted by Gasteiger charge is 2.45. The molecule has 0 aliphatic heterocycles. The number of rotatable bonds is 9. The average molecular weight is 519 g/mol. The van der Waals surface area contributed by atoms with Gasteiger partial charge in [0.25, 0.3) is 5.91 Å². The predicted molar refractivity (Wildman–Crippen MR) is 144 cm³/mol. The smallest absolute Gasteiger partial charge is 0.408 e. The summed E-state index contributed by atoms with van der Waals surface area (Å²) in [6, 6.07) is 11.4. The van der Waals surface area contributed by atoms with Gasteiger partial charge < -0.3 is 26.0 Å². The van der Waals surface area contributed by atoms with E-state index in [1.54, 1.807) is 57.2 Å². The molecule has 2 aromatic carbocycles. The number of primary amides is 1. The van der Waals surface area contributed by atoms with Crippen molar-refractivity contribution in [1.82, 2.24) is 10.2 Å². The lowest BCUT2D eigenvalue weighted by Crippen LogP contribution is -2.54. The van der Waals surface area contributed by atoms with Crippen LogP contribution in [0, 0.1) is 19.3 Å². The molecule has 9 heteroatoms. The lowest BCUT2D eigenvalue weighted by Gasteiger charge is -2.35. The number of carbonyl (C=O) groups excluding carboxylic acids is 4. The van der Waals surface area contributed by atoms with E-state index in [9.17, 15) is 19.2 Å². The maximum absolute atomic E-state index is 14.0. The zero-order chi connectivity index (χ0) is 28.0. The molecule has 200 valence electrons. The summed E-state index contributed by atoms with van der Waals surface area (Å²) < 4.78 is 5.30. The number of carbonyl (C=O) groups is 4. The van der Waals surface area contributed by atoms with Gasteiger partial charge in [-0.25, -0.2) is 4.79 Å². The van der Waals surface area contributed by atoms with Crippen LogP contribution in [-0.2, 0) is 19.1 Å². The van der Waals surface area contributed by atoms with Gasteiger partial charge in [0.15, 0.2) is 0 Å². The van der Waals surface area contributed by atoms with Gasteiger partial charge in [-0.1, -0.05) is 42.3 Å². The largest absolute Gasteiger partial charge is 0.444 e. The summed E-state index contributed by atoms with van der Waals surface area (Å²) in [4.78, 5) is 53.8. The Labute approximate surface area is 223 Å². The van der Waals surface area contributed by atoms with E-state index in [4.69, 9.17) is 16.9 Å². The van der Waals surface area contributed by atoms with Gasteiger partial charge >= 0.3 is 6.09 Å². The molecule has 4 N–H and O–H groups in total. The van der Waals surface area contributed by atoms with Crippen molar-refractivity contribution in [3.63, 3.8) is 0 Å². The number of nitrogens with two attached hydrogens (primary N) is 1. The number of para-hydroxylation sites is 1. The number of terminal acetylenes is 1. The molecule has 2 atom stereocenters. The summed E-state index contributed by atoms with van der Waals surface area (Å²) >= 11 is 0. The van der Waals surface area contributed by atoms with E-state index in [1.807, 2.05) is 19.1 Å². The summed E-state index contributed by atoms with van der Waals surface area (Å²) in [6.07, 6.45) is 5.71. The van der Waals surface area contributed by atoms with Gasteiger partial charge in [-0.15, -0.1) is 6.42 Å². The minimum atomic E-state index is -1.34. The quantitative estimate of drug-likeness (QED) is 0.438. The molecule has 2 aromatic rings. The van der Waals surface area contributed by atoms with Crippen molar-refractivity contribution >= 4 is 29.5 Å². The molecule has 1 saturated carbocycles. The Hall–Kier alpha value is -4.32. The molecular formula is C29H34N4O5. The molecule has 2 unspecified atom stereocenters. The number of nitrogens with one attached hydrogen (secondary N) is 2. The Morgan fingerprint density at radius 1 is 1.11 bits per heavy atom. The minimum absolute atomic E-state index is 0.295. The second kappa shape index (κ2) is 11.8. The maximum atomic E-state index is 14.0. The first-order valence-electron chi connectivity index (χ1n) is 12.4. The molecule has 0 spiro atoms. The monoisotopic (exact) mass is 518 g/mol. The molecule has 3 rings (SSSR count). The lowest BCUT2D eigenvalue weighted by molar-refractivity contribution is -0.142. The predicted octanol–water partition coefficient (Wildman–Crippen LogP) is 3.42. The highest BCUT2D eigenvalue weighted by atomic mass is 16.6. The zero-order valence-electron chi connectivity index (χ0n) is 22.1. The molecule has 1 aliphatic carbocycles. The van der Waals surface area contributed by atoms with Crippen molar-refractivity contribution in [2.75, 3.05) is 5.32 Å². The van der Waals surface area contributed by atoms with Crippen LogP contribution in [0.25, 0.3) is 0 Å². The number of amides is 4. The SMILES string of the molecule is C#Cc1ccccc1C(C(=O)Nc1ccccc1C)N(C(=O)C(CC(N)=O)NC(=O)OC(C)(C)C)C1CC1. The van der Waals surface area contributed by atoms with E-state index in [0.29, 0.717) is 29.7 Å². The molecule has 1 aliphatic rings. The van der Waals surface area contributed by atoms with Gasteiger partial charge in [0.1, 0.15) is 17.7 Å². The normalized spacial score (nSPS) is 14.4. The van der Waals surface area contributed by atoms with E-state index < -0.39 is 47.9 Å². The fourth-order valence-electron chi connectivity index (χ4n) is 4.10. The molecule has 4 amide bonds. The van der Waals surface area contributed by atoms with Crippen LogP contribution >= 0.6 is 0 Å². The van der Waals surface area contributed by atoms with Crippen LogP contribution in [0.3, 0.4) is 0 Å². The summed E-state index contributed by atoms with van der Waals surface area (Å²) in [5.74, 6) is 0.700. The zero-order valence-corrected chi connectivity index (χ0v) is 22.1. The first kappa shape index (κ1) is 28.3. The third kappa shape index (κ3) is 7.35. The van der Waals surface area contributed by atoms with Crippen LogP contribution in [0.2, 0.25) is 0 Å². The van der Waals surface area contributed by atoms with E-state index in [1.165, 1.54) is 4.90 Å². The Morgan fingerprint density at radius 3 is 2.32 bits per heavy atom. The molecule has 0 heterocycles. The van der Waals surface area contributed by atoms with Crippen LogP contribution in [0.1, 0.15) is 62.8 Å². The first-order valence-corrected chi connectivity index (χ1v) is 12.4. The number of ether oxygens (including phenoxy) is 1. The van der Waals surface area contributed by atoms with Gasteiger partial charge in [-0.2, -0.15) is 0 Å². The van der Waals surface area contributed by atoms with Crippen LogP contribution in [-0.4, -0.2) is 46.4 Å². The van der Waals surface area contributed by atoms with E-state index >= 15 is 0 Å². The molecule has 0 radical (unpaired) electrons. The van der Waals surface area contributed by atoms with E-state index in [0.717, 1.165) is 5.56 Å². The van der Waals surface area contributed by atoms with Gasteiger partial charge in [-0.05, 0) is 63.8 Å². The Balaban J connectivity index is 2.05. The van der Waals surface area contributed by atoms with Crippen molar-refractivity contribution < 1.29 is 23.9 Å². The standard InChI is InChI=1S/C29H34N4O5/c1-6-19-12-8-9-13-21(19)25(26(35)31-22-14-10-7-11-18(22)2)33(20-15-16-20)27(36)23(17-24(30)34)32-28(37)38-29(3,4)5/h1,7-14,20,23,25H,15-17H2,2-5H3,(H2,30,34)(H,31,35)(H,32,37). The summed E-state index contributed by atoms with van der Waals surface area (Å²) in [6.45, 7) is 6.89. The number of benzene rings is 2. The van der Waals surface area contributed by atoms with Gasteiger partial charge in [0, 0.05) is 17.3 Å². The van der Waals surface area contributed by atoms with Crippen molar-refractivity contribution in [2.45, 2.75) is 70.7 Å². The second-order valence-corrected chi connectivity index (χ2v) is 10.3. The van der Waals surface area contributed by atoms with Gasteiger partial charge in [-0.3, -0.25) is 14.4 Å². The fourth-order valence-corrected chi connectivity index (χ4v) is 4.10. The van der Waals surface area contributed by atoms with Crippen LogP contribution < -0.4 is 16.4 Å². The van der Waals surface area contributed by atoms with E-state index in [2.05, 4.69) is 16.6 Å². The van der Waals surface area contributed by atoms with Gasteiger partial charge in [0.2, 0.25) is 11.8 Å². The van der Waals surface area contributed by atoms with E-state index in [-0.39, 0.29) is 6.04 Å². The van der Waals surface area contributed by atoms with Crippen molar-refractivity contribution in [1.29, 1.82) is 0 Å². The van der Waals surface area contributed by atoms with Crippen LogP contribution in [0.4, 0.5) is 10.5 Å². The number of alkyl carbamates (subject to hydrolysis) is 1. The third-order valence-electron chi connectivity index (χ3n) is 5.93. The maximum Gasteiger partial charge on any atom is 0.408 e. The van der Waals surface area contributed by atoms with Gasteiger partial charge in [0.05, 0.1) is 6.42 Å². The summed E-state index contributed by atoms with van der Waals surface area (Å²) in [7, 11) is 0. The molecule has 0 aromatic heterocycles. The number of aryl methyl sites for hydroxylation is 1. The fraction of sp³-hybridized carbons (Fsp3) is 0.379. The summed E-state index contributed by atoms with van der Waals surface area (Å²) in [5.41, 5.74) is 6.93. The molecule has 1 fully saturated rings. The summed E-state index contributed by atoms with van der Waals surface area (Å²) in [5, 5.41) is 5.40. The topological polar surface area (TPSA) is 131 Å². The average Bonchev–Trinajstić information content (AvgIpc) is 3.66. The third-order valence-corrected chi connectivity index (χ3v) is 5.93. The molecule has 9 nitrogen and oxygen atoms in total. The Morgan fingerprint density at radius 2 is 1.74 bits per heavy atom. The Kier molecular flexibility index (Phi) is 8.79. The number of anilines is 1. The molecule has 38 heavy (non-hydrogen) atoms. The van der Waals surface area contributed by atoms with Crippen LogP contribution in [0.5, 0.6) is 0 Å². The second-order valence-electron chi connectivity index (χ2n) is 10.3. The molecule has 0 saturated heterocycles. The number of hydrogen-bond donors (Lipinski definition) is 3. The number of nitrogens with zero attached hydrogens (tertiary/aromatic N) is 1. The number of hydrogen-bond acceptors (Lipinski definition) is 5. The minimum Gasteiger partial charge on any atom is -0.444 e. The highest BCUT2D eigenvalue weighted by Crippen LogP contribution is 2.37. The molecular weight excluding hydrogens is 484 g/mol. The van der Waals surface area contributed by atoms with Crippen molar-refractivity contribution in [3.05, 3.63) is 65.2 Å².